The van der Waals surface area contributed by atoms with Gasteiger partial charge in [0, 0.05) is 6.54 Å². The van der Waals surface area contributed by atoms with Gasteiger partial charge in [-0.25, -0.2) is 9.18 Å². The number of amides is 1. The summed E-state index contributed by atoms with van der Waals surface area (Å²) in [5.41, 5.74) is 5.33. The molecule has 0 spiro atoms. The van der Waals surface area contributed by atoms with Gasteiger partial charge in [0.25, 0.3) is 0 Å². The maximum Gasteiger partial charge on any atom is 0.337 e. The van der Waals surface area contributed by atoms with Crippen LogP contribution in [0.4, 0.5) is 10.1 Å². The number of nitrogens with two attached hydrogens (primary N) is 1. The van der Waals surface area contributed by atoms with Crippen LogP contribution in [-0.4, -0.2) is 42.8 Å². The van der Waals surface area contributed by atoms with Crippen molar-refractivity contribution in [2.75, 3.05) is 24.7 Å². The molecule has 2 rings (SSSR count). The number of hydrogen-bond donors (Lipinski definition) is 2. The molecule has 1 heterocycles. The number of carboxylic acid groups (broad SMARTS) is 1. The van der Waals surface area contributed by atoms with E-state index in [-0.39, 0.29) is 17.9 Å². The second-order valence-electron chi connectivity index (χ2n) is 4.15. The number of carbonyl (C=O) groups is 2. The van der Waals surface area contributed by atoms with Crippen LogP contribution in [-0.2, 0) is 9.53 Å². The second kappa shape index (κ2) is 5.23. The van der Waals surface area contributed by atoms with Crippen molar-refractivity contribution in [1.29, 1.82) is 0 Å². The van der Waals surface area contributed by atoms with E-state index in [9.17, 15) is 14.0 Å². The van der Waals surface area contributed by atoms with Crippen molar-refractivity contribution in [2.24, 2.45) is 5.73 Å². The Bertz CT molecular complexity index is 520. The first kappa shape index (κ1) is 13.3. The van der Waals surface area contributed by atoms with Crippen LogP contribution in [0.5, 0.6) is 0 Å². The molecule has 1 fully saturated rings. The fourth-order valence-corrected chi connectivity index (χ4v) is 2.06. The van der Waals surface area contributed by atoms with Crippen molar-refractivity contribution in [3.8, 4) is 0 Å². The Morgan fingerprint density at radius 2 is 2.21 bits per heavy atom. The largest absolute Gasteiger partial charge is 0.478 e. The van der Waals surface area contributed by atoms with Gasteiger partial charge in [-0.3, -0.25) is 4.79 Å². The SMILES string of the molecule is NC(=O)C1COCCN1c1ccc(F)cc1C(=O)O. The summed E-state index contributed by atoms with van der Waals surface area (Å²) in [7, 11) is 0. The zero-order chi connectivity index (χ0) is 14.0. The highest BCUT2D eigenvalue weighted by Gasteiger charge is 2.30. The normalized spacial score (nSPS) is 19.2. The van der Waals surface area contributed by atoms with Crippen molar-refractivity contribution in [3.63, 3.8) is 0 Å². The van der Waals surface area contributed by atoms with E-state index in [1.165, 1.54) is 11.0 Å². The van der Waals surface area contributed by atoms with E-state index in [4.69, 9.17) is 15.6 Å². The lowest BCUT2D eigenvalue weighted by Gasteiger charge is -2.36. The summed E-state index contributed by atoms with van der Waals surface area (Å²) in [4.78, 5) is 24.1. The molecule has 0 aromatic heterocycles. The van der Waals surface area contributed by atoms with Gasteiger partial charge in [0.15, 0.2) is 0 Å². The summed E-state index contributed by atoms with van der Waals surface area (Å²) in [5.74, 6) is -2.52. The minimum absolute atomic E-state index is 0.0891. The lowest BCUT2D eigenvalue weighted by molar-refractivity contribution is -0.121. The molecular weight excluding hydrogens is 255 g/mol. The smallest absolute Gasteiger partial charge is 0.337 e. The maximum atomic E-state index is 13.1. The van der Waals surface area contributed by atoms with Crippen LogP contribution < -0.4 is 10.6 Å². The zero-order valence-electron chi connectivity index (χ0n) is 10.0. The highest BCUT2D eigenvalue weighted by molar-refractivity contribution is 5.96. The summed E-state index contributed by atoms with van der Waals surface area (Å²) in [5, 5.41) is 9.10. The number of carboxylic acids is 1. The molecule has 0 radical (unpaired) electrons. The first-order chi connectivity index (χ1) is 9.00. The van der Waals surface area contributed by atoms with E-state index in [0.29, 0.717) is 13.2 Å². The maximum absolute atomic E-state index is 13.1. The van der Waals surface area contributed by atoms with Crippen molar-refractivity contribution >= 4 is 17.6 Å². The molecule has 1 saturated heterocycles. The number of rotatable bonds is 3. The molecule has 1 aromatic rings. The third-order valence-electron chi connectivity index (χ3n) is 2.96. The van der Waals surface area contributed by atoms with Crippen LogP contribution >= 0.6 is 0 Å². The minimum atomic E-state index is -1.26. The lowest BCUT2D eigenvalue weighted by atomic mass is 10.1. The number of primary amides is 1. The molecular formula is C12H13FN2O4. The molecule has 1 aliphatic rings. The van der Waals surface area contributed by atoms with Crippen LogP contribution in [0.3, 0.4) is 0 Å². The van der Waals surface area contributed by atoms with Gasteiger partial charge in [0.1, 0.15) is 11.9 Å². The number of hydrogen-bond acceptors (Lipinski definition) is 4. The van der Waals surface area contributed by atoms with Gasteiger partial charge < -0.3 is 20.5 Å². The minimum Gasteiger partial charge on any atom is -0.478 e. The summed E-state index contributed by atoms with van der Waals surface area (Å²) < 4.78 is 18.3. The third kappa shape index (κ3) is 2.65. The van der Waals surface area contributed by atoms with Gasteiger partial charge in [-0.15, -0.1) is 0 Å². The molecule has 3 N–H and O–H groups in total. The molecule has 102 valence electrons. The standard InChI is InChI=1S/C12H13FN2O4/c13-7-1-2-9(8(5-7)12(17)18)15-3-4-19-6-10(15)11(14)16/h1-2,5,10H,3-4,6H2,(H2,14,16)(H,17,18). The Morgan fingerprint density at radius 1 is 1.47 bits per heavy atom. The Morgan fingerprint density at radius 3 is 2.84 bits per heavy atom. The first-order valence-electron chi connectivity index (χ1n) is 5.67. The Hall–Kier alpha value is -2.15. The van der Waals surface area contributed by atoms with E-state index in [0.717, 1.165) is 12.1 Å². The number of morpholine rings is 1. The lowest BCUT2D eigenvalue weighted by Crippen LogP contribution is -2.53. The molecule has 1 aliphatic heterocycles. The van der Waals surface area contributed by atoms with E-state index in [2.05, 4.69) is 0 Å². The molecule has 0 bridgehead atoms. The van der Waals surface area contributed by atoms with Crippen molar-refractivity contribution < 1.29 is 23.8 Å². The van der Waals surface area contributed by atoms with Crippen LogP contribution in [0.2, 0.25) is 0 Å². The average molecular weight is 268 g/mol. The molecule has 7 heteroatoms. The Labute approximate surface area is 108 Å². The topological polar surface area (TPSA) is 92.9 Å². The number of carbonyl (C=O) groups excluding carboxylic acids is 1. The van der Waals surface area contributed by atoms with Crippen LogP contribution in [0.1, 0.15) is 10.4 Å². The molecule has 1 aromatic carbocycles. The first-order valence-corrected chi connectivity index (χ1v) is 5.67. The second-order valence-corrected chi connectivity index (χ2v) is 4.15. The molecule has 1 unspecified atom stereocenters. The van der Waals surface area contributed by atoms with Crippen molar-refractivity contribution in [3.05, 3.63) is 29.6 Å². The number of halogens is 1. The molecule has 0 saturated carbocycles. The van der Waals surface area contributed by atoms with Crippen LogP contribution in [0, 0.1) is 5.82 Å². The van der Waals surface area contributed by atoms with Gasteiger partial charge in [-0.1, -0.05) is 0 Å². The zero-order valence-corrected chi connectivity index (χ0v) is 10.0. The Kier molecular flexibility index (Phi) is 3.66. The summed E-state index contributed by atoms with van der Waals surface area (Å²) in [6.45, 7) is 0.755. The monoisotopic (exact) mass is 268 g/mol. The highest BCUT2D eigenvalue weighted by Crippen LogP contribution is 2.25. The van der Waals surface area contributed by atoms with E-state index >= 15 is 0 Å². The van der Waals surface area contributed by atoms with Crippen LogP contribution in [0.25, 0.3) is 0 Å². The summed E-state index contributed by atoms with van der Waals surface area (Å²) in [6.07, 6.45) is 0. The molecule has 19 heavy (non-hydrogen) atoms. The number of aromatic carboxylic acids is 1. The Balaban J connectivity index is 2.44. The molecule has 1 amide bonds. The molecule has 0 aliphatic carbocycles. The predicted octanol–water partition coefficient (Wildman–Crippen LogP) is 0.214. The number of ether oxygens (including phenoxy) is 1. The molecule has 6 nitrogen and oxygen atoms in total. The van der Waals surface area contributed by atoms with Crippen molar-refractivity contribution in [1.82, 2.24) is 0 Å². The van der Waals surface area contributed by atoms with Crippen molar-refractivity contribution in [2.45, 2.75) is 6.04 Å². The predicted molar refractivity (Wildman–Crippen MR) is 64.5 cm³/mol. The summed E-state index contributed by atoms with van der Waals surface area (Å²) in [6, 6.07) is 2.65. The number of nitrogens with zero attached hydrogens (tertiary/aromatic N) is 1. The molecule has 1 atom stereocenters. The average Bonchev–Trinajstić information content (AvgIpc) is 2.38. The fourth-order valence-electron chi connectivity index (χ4n) is 2.06. The van der Waals surface area contributed by atoms with Gasteiger partial charge in [0.2, 0.25) is 5.91 Å². The number of anilines is 1. The van der Waals surface area contributed by atoms with Gasteiger partial charge in [-0.2, -0.15) is 0 Å². The quantitative estimate of drug-likeness (QED) is 0.817. The van der Waals surface area contributed by atoms with Gasteiger partial charge in [0.05, 0.1) is 24.5 Å². The van der Waals surface area contributed by atoms with E-state index < -0.39 is 23.7 Å². The van der Waals surface area contributed by atoms with E-state index in [1.54, 1.807) is 0 Å². The van der Waals surface area contributed by atoms with Crippen LogP contribution in [0.15, 0.2) is 18.2 Å². The number of benzene rings is 1. The third-order valence-corrected chi connectivity index (χ3v) is 2.96. The summed E-state index contributed by atoms with van der Waals surface area (Å²) >= 11 is 0. The highest BCUT2D eigenvalue weighted by atomic mass is 19.1. The van der Waals surface area contributed by atoms with Gasteiger partial charge in [-0.05, 0) is 18.2 Å². The fraction of sp³-hybridized carbons (Fsp3) is 0.333. The van der Waals surface area contributed by atoms with Gasteiger partial charge >= 0.3 is 5.97 Å². The van der Waals surface area contributed by atoms with E-state index in [1.807, 2.05) is 0 Å².